The Morgan fingerprint density at radius 1 is 1.56 bits per heavy atom. The maximum absolute atomic E-state index is 10.4. The average Bonchev–Trinajstić information content (AvgIpc) is 2.66. The first-order valence-corrected chi connectivity index (χ1v) is 5.04. The van der Waals surface area contributed by atoms with Crippen molar-refractivity contribution < 1.29 is 4.92 Å². The van der Waals surface area contributed by atoms with Crippen LogP contribution in [0.2, 0.25) is 0 Å². The van der Waals surface area contributed by atoms with E-state index in [1.807, 2.05) is 17.0 Å². The molecule has 84 valence electrons. The number of hydrogen-bond acceptors (Lipinski definition) is 5. The lowest BCUT2D eigenvalue weighted by atomic mass is 10.2. The molecule has 0 saturated heterocycles. The third-order valence-electron chi connectivity index (χ3n) is 2.40. The van der Waals surface area contributed by atoms with E-state index in [1.165, 1.54) is 0 Å². The van der Waals surface area contributed by atoms with E-state index in [-0.39, 0.29) is 11.5 Å². The van der Waals surface area contributed by atoms with Gasteiger partial charge in [0.1, 0.15) is 0 Å². The number of pyridine rings is 1. The van der Waals surface area contributed by atoms with Gasteiger partial charge in [0.15, 0.2) is 5.84 Å². The molecule has 0 bridgehead atoms. The number of rotatable bonds is 4. The largest absolute Gasteiger partial charge is 0.349 e. The predicted molar refractivity (Wildman–Crippen MR) is 58.8 cm³/mol. The molecule has 6 nitrogen and oxygen atoms in total. The van der Waals surface area contributed by atoms with Crippen molar-refractivity contribution in [1.82, 2.24) is 9.88 Å². The SMILES string of the molecule is O=[N+]([O-])CC1=NCCN1Cc1cccnc1. The maximum atomic E-state index is 10.4. The van der Waals surface area contributed by atoms with Crippen LogP contribution in [0.25, 0.3) is 0 Å². The second kappa shape index (κ2) is 4.69. The quantitative estimate of drug-likeness (QED) is 0.549. The third-order valence-corrected chi connectivity index (χ3v) is 2.40. The Hall–Kier alpha value is -1.98. The van der Waals surface area contributed by atoms with Gasteiger partial charge in [0.2, 0.25) is 0 Å². The third kappa shape index (κ3) is 2.53. The van der Waals surface area contributed by atoms with Crippen LogP contribution < -0.4 is 0 Å². The number of aromatic nitrogens is 1. The molecule has 0 N–H and O–H groups in total. The van der Waals surface area contributed by atoms with E-state index in [0.29, 0.717) is 18.9 Å². The van der Waals surface area contributed by atoms with Gasteiger partial charge in [-0.25, -0.2) is 0 Å². The van der Waals surface area contributed by atoms with Crippen molar-refractivity contribution in [2.75, 3.05) is 19.6 Å². The van der Waals surface area contributed by atoms with Crippen molar-refractivity contribution in [2.45, 2.75) is 6.54 Å². The molecule has 1 aliphatic heterocycles. The summed E-state index contributed by atoms with van der Waals surface area (Å²) in [6.07, 6.45) is 3.47. The zero-order valence-corrected chi connectivity index (χ0v) is 8.74. The van der Waals surface area contributed by atoms with E-state index < -0.39 is 0 Å². The van der Waals surface area contributed by atoms with E-state index in [4.69, 9.17) is 0 Å². The first kappa shape index (κ1) is 10.5. The fourth-order valence-corrected chi connectivity index (χ4v) is 1.68. The van der Waals surface area contributed by atoms with Gasteiger partial charge in [-0.2, -0.15) is 0 Å². The Morgan fingerprint density at radius 3 is 3.12 bits per heavy atom. The Labute approximate surface area is 92.8 Å². The van der Waals surface area contributed by atoms with Crippen LogP contribution in [0.15, 0.2) is 29.5 Å². The van der Waals surface area contributed by atoms with Crippen LogP contribution in [0, 0.1) is 10.1 Å². The molecule has 0 spiro atoms. The molecule has 0 atom stereocenters. The highest BCUT2D eigenvalue weighted by molar-refractivity contribution is 5.84. The van der Waals surface area contributed by atoms with Gasteiger partial charge in [-0.1, -0.05) is 6.07 Å². The molecule has 6 heteroatoms. The van der Waals surface area contributed by atoms with Gasteiger partial charge in [0.25, 0.3) is 6.54 Å². The Bertz CT molecular complexity index is 405. The number of amidine groups is 1. The summed E-state index contributed by atoms with van der Waals surface area (Å²) in [4.78, 5) is 20.2. The fourth-order valence-electron chi connectivity index (χ4n) is 1.68. The minimum Gasteiger partial charge on any atom is -0.349 e. The van der Waals surface area contributed by atoms with Crippen LogP contribution in [0.4, 0.5) is 0 Å². The van der Waals surface area contributed by atoms with Gasteiger partial charge in [-0.3, -0.25) is 20.1 Å². The monoisotopic (exact) mass is 220 g/mol. The lowest BCUT2D eigenvalue weighted by Crippen LogP contribution is -2.32. The van der Waals surface area contributed by atoms with Crippen LogP contribution in [0.3, 0.4) is 0 Å². The van der Waals surface area contributed by atoms with Crippen LogP contribution in [0.5, 0.6) is 0 Å². The van der Waals surface area contributed by atoms with Crippen LogP contribution in [0.1, 0.15) is 5.56 Å². The molecule has 2 rings (SSSR count). The predicted octanol–water partition coefficient (Wildman–Crippen LogP) is 0.572. The first-order chi connectivity index (χ1) is 7.75. The van der Waals surface area contributed by atoms with Gasteiger partial charge >= 0.3 is 0 Å². The van der Waals surface area contributed by atoms with Gasteiger partial charge in [-0.05, 0) is 11.6 Å². The molecule has 0 aromatic carbocycles. The van der Waals surface area contributed by atoms with Crippen molar-refractivity contribution in [3.8, 4) is 0 Å². The summed E-state index contributed by atoms with van der Waals surface area (Å²) in [7, 11) is 0. The molecule has 2 heterocycles. The second-order valence-electron chi connectivity index (χ2n) is 3.57. The molecule has 1 aromatic rings. The first-order valence-electron chi connectivity index (χ1n) is 5.04. The minimum atomic E-state index is -0.347. The number of nitro groups is 1. The topological polar surface area (TPSA) is 71.6 Å². The zero-order valence-electron chi connectivity index (χ0n) is 8.74. The molecular formula is C10H12N4O2. The Balaban J connectivity index is 2.00. The lowest BCUT2D eigenvalue weighted by Gasteiger charge is -2.17. The molecule has 0 aliphatic carbocycles. The van der Waals surface area contributed by atoms with E-state index in [9.17, 15) is 10.1 Å². The highest BCUT2D eigenvalue weighted by Gasteiger charge is 2.21. The molecule has 0 saturated carbocycles. The van der Waals surface area contributed by atoms with Crippen molar-refractivity contribution in [3.63, 3.8) is 0 Å². The normalized spacial score (nSPS) is 15.0. The lowest BCUT2D eigenvalue weighted by molar-refractivity contribution is -0.464. The summed E-state index contributed by atoms with van der Waals surface area (Å²) >= 11 is 0. The van der Waals surface area contributed by atoms with E-state index >= 15 is 0 Å². The minimum absolute atomic E-state index is 0.194. The van der Waals surface area contributed by atoms with Crippen molar-refractivity contribution in [3.05, 3.63) is 40.2 Å². The van der Waals surface area contributed by atoms with E-state index in [1.54, 1.807) is 12.4 Å². The number of nitrogens with zero attached hydrogens (tertiary/aromatic N) is 4. The highest BCUT2D eigenvalue weighted by Crippen LogP contribution is 2.08. The van der Waals surface area contributed by atoms with Crippen molar-refractivity contribution >= 4 is 5.84 Å². The van der Waals surface area contributed by atoms with Gasteiger partial charge in [-0.15, -0.1) is 0 Å². The van der Waals surface area contributed by atoms with Gasteiger partial charge in [0.05, 0.1) is 6.54 Å². The summed E-state index contributed by atoms with van der Waals surface area (Å²) < 4.78 is 0. The van der Waals surface area contributed by atoms with Crippen LogP contribution in [-0.4, -0.2) is 40.3 Å². The summed E-state index contributed by atoms with van der Waals surface area (Å²) in [6, 6.07) is 3.81. The summed E-state index contributed by atoms with van der Waals surface area (Å²) in [5.41, 5.74) is 1.04. The Morgan fingerprint density at radius 2 is 2.44 bits per heavy atom. The smallest absolute Gasteiger partial charge is 0.260 e. The number of aliphatic imine (C=N–C) groups is 1. The standard InChI is InChI=1S/C10H12N4O2/c15-14(16)8-10-12-4-5-13(10)7-9-2-1-3-11-6-9/h1-3,6H,4-5,7-8H2. The molecule has 1 aliphatic rings. The highest BCUT2D eigenvalue weighted by atomic mass is 16.6. The molecular weight excluding hydrogens is 208 g/mol. The molecule has 0 amide bonds. The molecule has 1 aromatic heterocycles. The van der Waals surface area contributed by atoms with E-state index in [0.717, 1.165) is 12.1 Å². The second-order valence-corrected chi connectivity index (χ2v) is 3.57. The Kier molecular flexibility index (Phi) is 3.09. The van der Waals surface area contributed by atoms with Crippen LogP contribution in [-0.2, 0) is 6.54 Å². The van der Waals surface area contributed by atoms with Crippen molar-refractivity contribution in [1.29, 1.82) is 0 Å². The maximum Gasteiger partial charge on any atom is 0.260 e. The summed E-state index contributed by atoms with van der Waals surface area (Å²) in [6.45, 7) is 1.84. The molecule has 0 unspecified atom stereocenters. The number of hydrogen-bond donors (Lipinski definition) is 0. The zero-order chi connectivity index (χ0) is 11.4. The molecule has 16 heavy (non-hydrogen) atoms. The molecule has 0 fully saturated rings. The van der Waals surface area contributed by atoms with Crippen molar-refractivity contribution in [2.24, 2.45) is 4.99 Å². The van der Waals surface area contributed by atoms with Gasteiger partial charge < -0.3 is 4.90 Å². The summed E-state index contributed by atoms with van der Waals surface area (Å²) in [5, 5.41) is 10.4. The average molecular weight is 220 g/mol. The van der Waals surface area contributed by atoms with Crippen LogP contribution >= 0.6 is 0 Å². The van der Waals surface area contributed by atoms with Gasteiger partial charge in [0, 0.05) is 30.4 Å². The summed E-state index contributed by atoms with van der Waals surface area (Å²) in [5.74, 6) is 0.564. The fraction of sp³-hybridized carbons (Fsp3) is 0.400. The van der Waals surface area contributed by atoms with E-state index in [2.05, 4.69) is 9.98 Å². The molecule has 0 radical (unpaired) electrons.